The molecule has 0 saturated heterocycles. The molecule has 0 atom stereocenters. The second kappa shape index (κ2) is 10.3. The van der Waals surface area contributed by atoms with Crippen molar-refractivity contribution < 1.29 is 14.0 Å². The molecule has 2 aromatic heterocycles. The lowest BCUT2D eigenvalue weighted by Gasteiger charge is -2.30. The van der Waals surface area contributed by atoms with Crippen LogP contribution >= 0.6 is 15.9 Å². The number of aromatic nitrogens is 1. The van der Waals surface area contributed by atoms with E-state index in [2.05, 4.69) is 21.2 Å². The van der Waals surface area contributed by atoms with Gasteiger partial charge in [-0.2, -0.15) is 0 Å². The molecule has 0 unspecified atom stereocenters. The van der Waals surface area contributed by atoms with Crippen LogP contribution in [0.15, 0.2) is 69.9 Å². The Morgan fingerprint density at radius 2 is 1.87 bits per heavy atom. The zero-order valence-electron chi connectivity index (χ0n) is 17.9. The van der Waals surface area contributed by atoms with Crippen LogP contribution in [0.5, 0.6) is 0 Å². The Kier molecular flexibility index (Phi) is 7.57. The second-order valence-corrected chi connectivity index (χ2v) is 8.43. The maximum absolute atomic E-state index is 13.3. The highest BCUT2D eigenvalue weighted by Gasteiger charge is 2.25. The van der Waals surface area contributed by atoms with Crippen molar-refractivity contribution in [2.75, 3.05) is 11.9 Å². The van der Waals surface area contributed by atoms with Crippen LogP contribution in [-0.2, 0) is 24.9 Å². The Labute approximate surface area is 190 Å². The first-order valence-electron chi connectivity index (χ1n) is 10.1. The predicted molar refractivity (Wildman–Crippen MR) is 123 cm³/mol. The van der Waals surface area contributed by atoms with Gasteiger partial charge in [-0.05, 0) is 66.2 Å². The van der Waals surface area contributed by atoms with Gasteiger partial charge < -0.3 is 24.1 Å². The third-order valence-electron chi connectivity index (χ3n) is 4.99. The molecule has 0 bridgehead atoms. The molecule has 31 heavy (non-hydrogen) atoms. The van der Waals surface area contributed by atoms with Gasteiger partial charge in [-0.15, -0.1) is 0 Å². The van der Waals surface area contributed by atoms with E-state index in [0.717, 1.165) is 10.2 Å². The maximum Gasteiger partial charge on any atom is 0.322 e. The molecule has 0 saturated carbocycles. The minimum atomic E-state index is -0.327. The van der Waals surface area contributed by atoms with E-state index in [9.17, 15) is 9.59 Å². The summed E-state index contributed by atoms with van der Waals surface area (Å²) in [6.07, 6.45) is 3.53. The van der Waals surface area contributed by atoms with Crippen LogP contribution < -0.4 is 5.32 Å². The number of carbonyl (C=O) groups is 2. The van der Waals surface area contributed by atoms with E-state index in [1.54, 1.807) is 23.3 Å². The van der Waals surface area contributed by atoms with Gasteiger partial charge >= 0.3 is 6.03 Å². The highest BCUT2D eigenvalue weighted by atomic mass is 79.9. The lowest BCUT2D eigenvalue weighted by Crippen LogP contribution is -2.47. The number of carbonyl (C=O) groups excluding carboxylic acids is 2. The molecule has 1 aromatic carbocycles. The summed E-state index contributed by atoms with van der Waals surface area (Å²) in [7, 11) is 1.94. The summed E-state index contributed by atoms with van der Waals surface area (Å²) < 4.78 is 8.21. The maximum atomic E-state index is 13.3. The summed E-state index contributed by atoms with van der Waals surface area (Å²) in [6.45, 7) is 4.48. The van der Waals surface area contributed by atoms with Crippen LogP contribution in [0, 0.1) is 0 Å². The van der Waals surface area contributed by atoms with Gasteiger partial charge in [0.25, 0.3) is 0 Å². The summed E-state index contributed by atoms with van der Waals surface area (Å²) >= 11 is 3.44. The first kappa shape index (κ1) is 22.7. The van der Waals surface area contributed by atoms with Gasteiger partial charge in [-0.25, -0.2) is 4.79 Å². The van der Waals surface area contributed by atoms with Crippen molar-refractivity contribution in [2.45, 2.75) is 33.0 Å². The molecule has 164 valence electrons. The van der Waals surface area contributed by atoms with Gasteiger partial charge in [-0.3, -0.25) is 4.79 Å². The van der Waals surface area contributed by atoms with Crippen LogP contribution in [-0.4, -0.2) is 38.9 Å². The number of anilines is 1. The lowest BCUT2D eigenvalue weighted by atomic mass is 10.2. The summed E-state index contributed by atoms with van der Waals surface area (Å²) in [4.78, 5) is 29.5. The number of rotatable bonds is 8. The van der Waals surface area contributed by atoms with Crippen LogP contribution in [0.2, 0.25) is 0 Å². The topological polar surface area (TPSA) is 70.7 Å². The summed E-state index contributed by atoms with van der Waals surface area (Å²) in [6, 6.07) is 14.4. The summed E-state index contributed by atoms with van der Waals surface area (Å²) in [5, 5.41) is 2.88. The van der Waals surface area contributed by atoms with Crippen molar-refractivity contribution in [1.82, 2.24) is 14.4 Å². The lowest BCUT2D eigenvalue weighted by molar-refractivity contribution is -0.133. The fourth-order valence-corrected chi connectivity index (χ4v) is 3.55. The fraction of sp³-hybridized carbons (Fsp3) is 0.304. The number of benzene rings is 1. The molecule has 0 spiro atoms. The minimum Gasteiger partial charge on any atom is -0.467 e. The van der Waals surface area contributed by atoms with Crippen molar-refractivity contribution in [2.24, 2.45) is 7.05 Å². The Morgan fingerprint density at radius 1 is 1.10 bits per heavy atom. The third kappa shape index (κ3) is 6.01. The van der Waals surface area contributed by atoms with E-state index in [1.165, 1.54) is 4.90 Å². The normalized spacial score (nSPS) is 10.9. The first-order valence-corrected chi connectivity index (χ1v) is 10.9. The van der Waals surface area contributed by atoms with Crippen LogP contribution in [0.25, 0.3) is 0 Å². The van der Waals surface area contributed by atoms with Gasteiger partial charge in [0.05, 0.1) is 25.0 Å². The van der Waals surface area contributed by atoms with E-state index in [0.29, 0.717) is 24.5 Å². The van der Waals surface area contributed by atoms with Crippen molar-refractivity contribution in [3.8, 4) is 0 Å². The summed E-state index contributed by atoms with van der Waals surface area (Å²) in [5.74, 6) is 0.532. The molecule has 3 amide bonds. The number of halogens is 1. The number of para-hydroxylation sites is 1. The number of urea groups is 1. The number of nitrogens with one attached hydrogen (secondary N) is 1. The van der Waals surface area contributed by atoms with Crippen molar-refractivity contribution in [3.63, 3.8) is 0 Å². The van der Waals surface area contributed by atoms with Crippen LogP contribution in [0.3, 0.4) is 0 Å². The zero-order valence-corrected chi connectivity index (χ0v) is 19.5. The van der Waals surface area contributed by atoms with Gasteiger partial charge in [0.2, 0.25) is 5.91 Å². The number of amides is 3. The van der Waals surface area contributed by atoms with Gasteiger partial charge in [0.1, 0.15) is 12.3 Å². The standard InChI is InChI=1S/C23H27BrN4O3/c1-17(2)28(23(30)25-21-11-5-4-10-20(21)24)16-22(29)27(15-19-9-7-13-31-19)14-18-8-6-12-26(18)3/h4-13,17H,14-16H2,1-3H3,(H,25,30). The highest BCUT2D eigenvalue weighted by Crippen LogP contribution is 2.22. The molecule has 0 radical (unpaired) electrons. The SMILES string of the molecule is CC(C)N(CC(=O)N(Cc1ccco1)Cc1cccn1C)C(=O)Nc1ccccc1Br. The quantitative estimate of drug-likeness (QED) is 0.494. The van der Waals surface area contributed by atoms with Crippen molar-refractivity contribution in [1.29, 1.82) is 0 Å². The predicted octanol–water partition coefficient (Wildman–Crippen LogP) is 4.85. The number of hydrogen-bond donors (Lipinski definition) is 1. The third-order valence-corrected chi connectivity index (χ3v) is 5.68. The number of aryl methyl sites for hydroxylation is 1. The Balaban J connectivity index is 1.75. The molecular formula is C23H27BrN4O3. The molecule has 7 nitrogen and oxygen atoms in total. The zero-order chi connectivity index (χ0) is 22.4. The molecule has 8 heteroatoms. The average molecular weight is 487 g/mol. The Hall–Kier alpha value is -3.00. The van der Waals surface area contributed by atoms with Crippen LogP contribution in [0.4, 0.5) is 10.5 Å². The monoisotopic (exact) mass is 486 g/mol. The average Bonchev–Trinajstić information content (AvgIpc) is 3.39. The Bertz CT molecular complexity index is 1010. The molecule has 3 rings (SSSR count). The van der Waals surface area contributed by atoms with E-state index in [1.807, 2.05) is 68.1 Å². The van der Waals surface area contributed by atoms with E-state index < -0.39 is 0 Å². The molecule has 0 aliphatic rings. The molecule has 2 heterocycles. The van der Waals surface area contributed by atoms with Crippen molar-refractivity contribution >= 4 is 33.6 Å². The molecule has 3 aromatic rings. The largest absolute Gasteiger partial charge is 0.467 e. The van der Waals surface area contributed by atoms with E-state index in [-0.39, 0.29) is 24.5 Å². The summed E-state index contributed by atoms with van der Waals surface area (Å²) in [5.41, 5.74) is 1.65. The number of nitrogens with zero attached hydrogens (tertiary/aromatic N) is 3. The number of hydrogen-bond acceptors (Lipinski definition) is 3. The minimum absolute atomic E-state index is 0.0426. The van der Waals surface area contributed by atoms with Crippen molar-refractivity contribution in [3.05, 3.63) is 76.9 Å². The highest BCUT2D eigenvalue weighted by molar-refractivity contribution is 9.10. The molecule has 0 aliphatic carbocycles. The molecule has 0 fully saturated rings. The van der Waals surface area contributed by atoms with Gasteiger partial charge in [0, 0.05) is 29.5 Å². The smallest absolute Gasteiger partial charge is 0.322 e. The first-order chi connectivity index (χ1) is 14.8. The molecular weight excluding hydrogens is 460 g/mol. The van der Waals surface area contributed by atoms with Gasteiger partial charge in [0.15, 0.2) is 0 Å². The Morgan fingerprint density at radius 3 is 2.48 bits per heavy atom. The van der Waals surface area contributed by atoms with Crippen LogP contribution in [0.1, 0.15) is 25.3 Å². The van der Waals surface area contributed by atoms with E-state index in [4.69, 9.17) is 4.42 Å². The van der Waals surface area contributed by atoms with Gasteiger partial charge in [-0.1, -0.05) is 12.1 Å². The van der Waals surface area contributed by atoms with E-state index >= 15 is 0 Å². The molecule has 1 N–H and O–H groups in total. The number of furan rings is 1. The fourth-order valence-electron chi connectivity index (χ4n) is 3.16. The second-order valence-electron chi connectivity index (χ2n) is 7.57. The molecule has 0 aliphatic heterocycles.